The maximum atomic E-state index is 12.2. The number of aryl methyl sites for hydroxylation is 2. The first-order chi connectivity index (χ1) is 12.7. The number of nitrogens with zero attached hydrogens (tertiary/aromatic N) is 1. The monoisotopic (exact) mass is 390 g/mol. The number of carbonyl (C=O) groups is 1. The van der Waals surface area contributed by atoms with Gasteiger partial charge in [0.2, 0.25) is 10.0 Å². The minimum absolute atomic E-state index is 0.228. The number of anilines is 1. The van der Waals surface area contributed by atoms with Crippen molar-refractivity contribution < 1.29 is 17.9 Å². The zero-order valence-corrected chi connectivity index (χ0v) is 17.0. The normalized spacial score (nSPS) is 11.1. The van der Waals surface area contributed by atoms with E-state index in [-0.39, 0.29) is 5.91 Å². The molecule has 0 spiro atoms. The average molecular weight is 391 g/mol. The second kappa shape index (κ2) is 8.90. The van der Waals surface area contributed by atoms with Crippen LogP contribution in [-0.4, -0.2) is 40.3 Å². The molecule has 0 aromatic heterocycles. The number of sulfonamides is 1. The highest BCUT2D eigenvalue weighted by molar-refractivity contribution is 7.92. The summed E-state index contributed by atoms with van der Waals surface area (Å²) in [5.74, 6) is 0.586. The van der Waals surface area contributed by atoms with Crippen LogP contribution in [0, 0.1) is 13.8 Å². The van der Waals surface area contributed by atoms with E-state index in [1.54, 1.807) is 31.2 Å². The van der Waals surface area contributed by atoms with Crippen LogP contribution in [0.1, 0.15) is 28.4 Å². The number of carbonyl (C=O) groups excluding carboxylic acids is 1. The van der Waals surface area contributed by atoms with Crippen molar-refractivity contribution >= 4 is 21.6 Å². The molecule has 2 rings (SSSR count). The molecule has 7 heteroatoms. The molecule has 0 aliphatic rings. The predicted octanol–water partition coefficient (Wildman–Crippen LogP) is 2.90. The predicted molar refractivity (Wildman–Crippen MR) is 108 cm³/mol. The molecular formula is C20H26N2O4S. The van der Waals surface area contributed by atoms with Crippen molar-refractivity contribution in [1.82, 2.24) is 5.32 Å². The molecule has 1 amide bonds. The van der Waals surface area contributed by atoms with Crippen molar-refractivity contribution in [3.63, 3.8) is 0 Å². The van der Waals surface area contributed by atoms with Gasteiger partial charge in [-0.2, -0.15) is 0 Å². The van der Waals surface area contributed by atoms with E-state index in [1.165, 1.54) is 4.31 Å². The van der Waals surface area contributed by atoms with Crippen LogP contribution in [0.25, 0.3) is 0 Å². The van der Waals surface area contributed by atoms with Crippen LogP contribution in [-0.2, 0) is 10.0 Å². The molecule has 0 atom stereocenters. The van der Waals surface area contributed by atoms with Gasteiger partial charge in [-0.3, -0.25) is 9.10 Å². The van der Waals surface area contributed by atoms with Gasteiger partial charge >= 0.3 is 0 Å². The highest BCUT2D eigenvalue weighted by atomic mass is 32.2. The van der Waals surface area contributed by atoms with Crippen LogP contribution in [0.3, 0.4) is 0 Å². The minimum atomic E-state index is -3.34. The topological polar surface area (TPSA) is 75.7 Å². The summed E-state index contributed by atoms with van der Waals surface area (Å²) in [6.45, 7) is 6.81. The van der Waals surface area contributed by atoms with E-state index in [4.69, 9.17) is 4.74 Å². The molecule has 27 heavy (non-hydrogen) atoms. The molecule has 146 valence electrons. The van der Waals surface area contributed by atoms with E-state index in [0.717, 1.165) is 23.1 Å². The van der Waals surface area contributed by atoms with Gasteiger partial charge in [-0.1, -0.05) is 12.1 Å². The molecule has 0 unspecified atom stereocenters. The van der Waals surface area contributed by atoms with Gasteiger partial charge in [0.15, 0.2) is 0 Å². The van der Waals surface area contributed by atoms with Gasteiger partial charge in [-0.05, 0) is 62.2 Å². The second-order valence-electron chi connectivity index (χ2n) is 6.35. The molecule has 0 bridgehead atoms. The molecule has 0 heterocycles. The van der Waals surface area contributed by atoms with Crippen molar-refractivity contribution in [2.75, 3.05) is 30.3 Å². The SMILES string of the molecule is CCN(c1ccc(C(=O)NCCOc2cc(C)ccc2C)cc1)S(C)(=O)=O. The Morgan fingerprint density at radius 2 is 1.78 bits per heavy atom. The third kappa shape index (κ3) is 5.72. The number of hydrogen-bond acceptors (Lipinski definition) is 4. The van der Waals surface area contributed by atoms with E-state index in [2.05, 4.69) is 5.32 Å². The Bertz CT molecular complexity index is 893. The fourth-order valence-electron chi connectivity index (χ4n) is 2.68. The zero-order chi connectivity index (χ0) is 20.0. The van der Waals surface area contributed by atoms with E-state index >= 15 is 0 Å². The van der Waals surface area contributed by atoms with Crippen LogP contribution < -0.4 is 14.4 Å². The summed E-state index contributed by atoms with van der Waals surface area (Å²) in [5, 5.41) is 2.80. The van der Waals surface area contributed by atoms with Crippen molar-refractivity contribution in [2.24, 2.45) is 0 Å². The first-order valence-electron chi connectivity index (χ1n) is 8.78. The fourth-order valence-corrected chi connectivity index (χ4v) is 3.65. The smallest absolute Gasteiger partial charge is 0.251 e. The molecule has 0 fully saturated rings. The Morgan fingerprint density at radius 1 is 1.11 bits per heavy atom. The van der Waals surface area contributed by atoms with Gasteiger partial charge in [0.1, 0.15) is 12.4 Å². The van der Waals surface area contributed by atoms with Gasteiger partial charge in [-0.15, -0.1) is 0 Å². The lowest BCUT2D eigenvalue weighted by atomic mass is 10.1. The van der Waals surface area contributed by atoms with E-state index in [9.17, 15) is 13.2 Å². The number of benzene rings is 2. The van der Waals surface area contributed by atoms with Crippen molar-refractivity contribution in [1.29, 1.82) is 0 Å². The first-order valence-corrected chi connectivity index (χ1v) is 10.6. The Hall–Kier alpha value is -2.54. The van der Waals surface area contributed by atoms with Crippen molar-refractivity contribution in [3.8, 4) is 5.75 Å². The molecular weight excluding hydrogens is 364 g/mol. The average Bonchev–Trinajstić information content (AvgIpc) is 2.61. The van der Waals surface area contributed by atoms with Gasteiger partial charge < -0.3 is 10.1 Å². The molecule has 6 nitrogen and oxygen atoms in total. The van der Waals surface area contributed by atoms with E-state index in [1.807, 2.05) is 32.0 Å². The Balaban J connectivity index is 1.90. The lowest BCUT2D eigenvalue weighted by Gasteiger charge is -2.20. The molecule has 2 aromatic rings. The number of nitrogens with one attached hydrogen (secondary N) is 1. The Kier molecular flexibility index (Phi) is 6.85. The maximum absolute atomic E-state index is 12.2. The molecule has 0 aliphatic carbocycles. The van der Waals surface area contributed by atoms with Gasteiger partial charge in [0.05, 0.1) is 18.5 Å². The van der Waals surface area contributed by atoms with Crippen LogP contribution >= 0.6 is 0 Å². The number of ether oxygens (including phenoxy) is 1. The summed E-state index contributed by atoms with van der Waals surface area (Å²) in [6, 6.07) is 12.5. The minimum Gasteiger partial charge on any atom is -0.491 e. The fraction of sp³-hybridized carbons (Fsp3) is 0.350. The number of rotatable bonds is 8. The standard InChI is InChI=1S/C20H26N2O4S/c1-5-22(27(4,24)25)18-10-8-17(9-11-18)20(23)21-12-13-26-19-14-15(2)6-7-16(19)3/h6-11,14H,5,12-13H2,1-4H3,(H,21,23). The quantitative estimate of drug-likeness (QED) is 0.703. The number of hydrogen-bond donors (Lipinski definition) is 1. The van der Waals surface area contributed by atoms with Crippen LogP contribution in [0.5, 0.6) is 5.75 Å². The lowest BCUT2D eigenvalue weighted by Crippen LogP contribution is -2.30. The first kappa shape index (κ1) is 20.8. The van der Waals surface area contributed by atoms with Gasteiger partial charge in [-0.25, -0.2) is 8.42 Å². The summed E-state index contributed by atoms with van der Waals surface area (Å²) in [5.41, 5.74) is 3.17. The van der Waals surface area contributed by atoms with E-state index in [0.29, 0.717) is 30.9 Å². The third-order valence-corrected chi connectivity index (χ3v) is 5.36. The molecule has 0 saturated carbocycles. The van der Waals surface area contributed by atoms with Crippen LogP contribution in [0.15, 0.2) is 42.5 Å². The Labute approximate surface area is 161 Å². The molecule has 0 aliphatic heterocycles. The Morgan fingerprint density at radius 3 is 2.37 bits per heavy atom. The van der Waals surface area contributed by atoms with Crippen molar-refractivity contribution in [2.45, 2.75) is 20.8 Å². The largest absolute Gasteiger partial charge is 0.491 e. The van der Waals surface area contributed by atoms with Crippen LogP contribution in [0.2, 0.25) is 0 Å². The zero-order valence-electron chi connectivity index (χ0n) is 16.2. The summed E-state index contributed by atoms with van der Waals surface area (Å²) >= 11 is 0. The highest BCUT2D eigenvalue weighted by Crippen LogP contribution is 2.19. The third-order valence-electron chi connectivity index (χ3n) is 4.09. The summed E-state index contributed by atoms with van der Waals surface area (Å²) in [4.78, 5) is 12.2. The summed E-state index contributed by atoms with van der Waals surface area (Å²) in [6.07, 6.45) is 1.16. The second-order valence-corrected chi connectivity index (χ2v) is 8.25. The molecule has 1 N–H and O–H groups in total. The van der Waals surface area contributed by atoms with Crippen molar-refractivity contribution in [3.05, 3.63) is 59.2 Å². The maximum Gasteiger partial charge on any atom is 0.251 e. The summed E-state index contributed by atoms with van der Waals surface area (Å²) in [7, 11) is -3.34. The molecule has 2 aromatic carbocycles. The van der Waals surface area contributed by atoms with E-state index < -0.39 is 10.0 Å². The van der Waals surface area contributed by atoms with Crippen LogP contribution in [0.4, 0.5) is 5.69 Å². The van der Waals surface area contributed by atoms with Gasteiger partial charge in [0.25, 0.3) is 5.91 Å². The summed E-state index contributed by atoms with van der Waals surface area (Å²) < 4.78 is 30.5. The van der Waals surface area contributed by atoms with Gasteiger partial charge in [0, 0.05) is 12.1 Å². The molecule has 0 radical (unpaired) electrons. The molecule has 0 saturated heterocycles. The highest BCUT2D eigenvalue weighted by Gasteiger charge is 2.15. The lowest BCUT2D eigenvalue weighted by molar-refractivity contribution is 0.0947. The number of amides is 1.